The number of allylic oxidation sites excluding steroid dienone is 1. The van der Waals surface area contributed by atoms with E-state index in [2.05, 4.69) is 17.0 Å². The summed E-state index contributed by atoms with van der Waals surface area (Å²) in [6.45, 7) is 2.46. The lowest BCUT2D eigenvalue weighted by atomic mass is 10.0. The normalized spacial score (nSPS) is 17.5. The Bertz CT molecular complexity index is 1370. The molecule has 0 aromatic heterocycles. The third-order valence-corrected chi connectivity index (χ3v) is 6.77. The van der Waals surface area contributed by atoms with Gasteiger partial charge in [0.1, 0.15) is 29.7 Å². The molecular weight excluding hydrogens is 482 g/mol. The van der Waals surface area contributed by atoms with E-state index in [1.807, 2.05) is 18.2 Å². The van der Waals surface area contributed by atoms with Gasteiger partial charge in [0.15, 0.2) is 12.6 Å². The number of hydrogen-bond acceptors (Lipinski definition) is 7. The van der Waals surface area contributed by atoms with Crippen molar-refractivity contribution in [3.8, 4) is 23.0 Å². The van der Waals surface area contributed by atoms with E-state index in [0.29, 0.717) is 47.5 Å². The van der Waals surface area contributed by atoms with Crippen LogP contribution in [0.3, 0.4) is 0 Å². The number of nitrogens with zero attached hydrogens (tertiary/aromatic N) is 1. The first-order valence-corrected chi connectivity index (χ1v) is 12.1. The second-order valence-electron chi connectivity index (χ2n) is 8.88. The molecule has 184 valence electrons. The Labute approximate surface area is 213 Å². The number of carbonyl (C=O) groups excluding carboxylic acids is 1. The van der Waals surface area contributed by atoms with Crippen LogP contribution < -0.4 is 18.9 Å². The molecule has 36 heavy (non-hydrogen) atoms. The van der Waals surface area contributed by atoms with Gasteiger partial charge in [-0.2, -0.15) is 0 Å². The van der Waals surface area contributed by atoms with Crippen molar-refractivity contribution in [2.24, 2.45) is 0 Å². The Kier molecular flexibility index (Phi) is 6.05. The largest absolute Gasteiger partial charge is 0.497 e. The fourth-order valence-corrected chi connectivity index (χ4v) is 4.93. The van der Waals surface area contributed by atoms with E-state index in [4.69, 9.17) is 35.3 Å². The molecule has 0 atom stereocenters. The smallest absolute Gasteiger partial charge is 0.231 e. The van der Waals surface area contributed by atoms with Crippen LogP contribution in [0.15, 0.2) is 54.3 Å². The molecule has 0 saturated heterocycles. The second-order valence-corrected chi connectivity index (χ2v) is 9.31. The van der Waals surface area contributed by atoms with Gasteiger partial charge in [-0.3, -0.25) is 9.69 Å². The average Bonchev–Trinajstić information content (AvgIpc) is 3.23. The van der Waals surface area contributed by atoms with Crippen LogP contribution in [-0.2, 0) is 24.3 Å². The number of carbonyl (C=O) groups is 1. The highest BCUT2D eigenvalue weighted by Gasteiger charge is 2.34. The summed E-state index contributed by atoms with van der Waals surface area (Å²) in [7, 11) is 1.66. The second kappa shape index (κ2) is 9.50. The zero-order chi connectivity index (χ0) is 24.6. The molecule has 6 rings (SSSR count). The minimum absolute atomic E-state index is 0.150. The van der Waals surface area contributed by atoms with Crippen molar-refractivity contribution in [2.75, 3.05) is 27.2 Å². The topological polar surface area (TPSA) is 66.5 Å². The number of ketones is 1. The molecule has 0 saturated carbocycles. The fraction of sp³-hybridized carbons (Fsp3) is 0.250. The summed E-state index contributed by atoms with van der Waals surface area (Å²) in [5, 5.41) is 0.538. The molecule has 3 heterocycles. The summed E-state index contributed by atoms with van der Waals surface area (Å²) in [6, 6.07) is 15.2. The monoisotopic (exact) mass is 505 g/mol. The van der Waals surface area contributed by atoms with Crippen LogP contribution in [-0.4, -0.2) is 37.9 Å². The molecule has 0 aliphatic carbocycles. The minimum atomic E-state index is -0.177. The Hall–Kier alpha value is -3.52. The Morgan fingerprint density at radius 2 is 1.94 bits per heavy atom. The molecule has 0 unspecified atom stereocenters. The molecule has 8 heteroatoms. The van der Waals surface area contributed by atoms with Gasteiger partial charge in [0.05, 0.1) is 24.8 Å². The predicted octanol–water partition coefficient (Wildman–Crippen LogP) is 5.23. The molecule has 0 N–H and O–H groups in total. The summed E-state index contributed by atoms with van der Waals surface area (Å²) in [5.74, 6) is 2.84. The van der Waals surface area contributed by atoms with Crippen LogP contribution >= 0.6 is 11.6 Å². The van der Waals surface area contributed by atoms with Crippen LogP contribution in [0, 0.1) is 0 Å². The van der Waals surface area contributed by atoms with Gasteiger partial charge in [-0.15, -0.1) is 0 Å². The fourth-order valence-electron chi connectivity index (χ4n) is 4.68. The Morgan fingerprint density at radius 1 is 1.08 bits per heavy atom. The van der Waals surface area contributed by atoms with Gasteiger partial charge in [-0.25, -0.2) is 0 Å². The van der Waals surface area contributed by atoms with E-state index in [1.165, 1.54) is 5.56 Å². The number of hydrogen-bond donors (Lipinski definition) is 0. The van der Waals surface area contributed by atoms with Gasteiger partial charge in [-0.05, 0) is 54.5 Å². The summed E-state index contributed by atoms with van der Waals surface area (Å²) in [6.07, 6.45) is 2.56. The number of Topliss-reactive ketones (excluding diaryl/α,β-unsaturated/α-hetero) is 1. The number of halogens is 1. The van der Waals surface area contributed by atoms with Gasteiger partial charge in [-0.1, -0.05) is 23.7 Å². The van der Waals surface area contributed by atoms with E-state index < -0.39 is 0 Å². The molecule has 7 nitrogen and oxygen atoms in total. The van der Waals surface area contributed by atoms with E-state index in [1.54, 1.807) is 31.4 Å². The molecule has 3 aromatic carbocycles. The Balaban J connectivity index is 1.23. The van der Waals surface area contributed by atoms with Crippen LogP contribution in [0.1, 0.15) is 32.6 Å². The molecule has 3 aliphatic heterocycles. The molecular formula is C28H24ClNO6. The lowest BCUT2D eigenvalue weighted by molar-refractivity contribution is -0.0165. The number of ether oxygens (including phenoxy) is 5. The van der Waals surface area contributed by atoms with Gasteiger partial charge < -0.3 is 23.7 Å². The van der Waals surface area contributed by atoms with E-state index >= 15 is 0 Å². The van der Waals surface area contributed by atoms with E-state index in [0.717, 1.165) is 35.6 Å². The first-order valence-electron chi connectivity index (χ1n) is 11.7. The van der Waals surface area contributed by atoms with Crippen molar-refractivity contribution < 1.29 is 28.5 Å². The molecule has 0 bridgehead atoms. The summed E-state index contributed by atoms with van der Waals surface area (Å²) < 4.78 is 28.4. The molecule has 0 spiro atoms. The lowest BCUT2D eigenvalue weighted by Gasteiger charge is -2.29. The Morgan fingerprint density at radius 3 is 2.78 bits per heavy atom. The minimum Gasteiger partial charge on any atom is -0.497 e. The zero-order valence-corrected chi connectivity index (χ0v) is 20.5. The highest BCUT2D eigenvalue weighted by molar-refractivity contribution is 6.31. The summed E-state index contributed by atoms with van der Waals surface area (Å²) >= 11 is 6.30. The van der Waals surface area contributed by atoms with Crippen molar-refractivity contribution in [2.45, 2.75) is 19.6 Å². The molecule has 3 aliphatic rings. The van der Waals surface area contributed by atoms with Crippen molar-refractivity contribution in [3.63, 3.8) is 0 Å². The van der Waals surface area contributed by atoms with Crippen molar-refractivity contribution in [1.29, 1.82) is 0 Å². The van der Waals surface area contributed by atoms with Gasteiger partial charge in [0.25, 0.3) is 0 Å². The van der Waals surface area contributed by atoms with Gasteiger partial charge in [0.2, 0.25) is 5.78 Å². The number of rotatable bonds is 5. The van der Waals surface area contributed by atoms with Crippen molar-refractivity contribution in [1.82, 2.24) is 4.90 Å². The third-order valence-electron chi connectivity index (χ3n) is 6.55. The third kappa shape index (κ3) is 4.30. The SMILES string of the molecule is COc1ccc(CCN2COc3ccc4c(c3C2)O/C(=C\c2cc(Cl)cc3c2OCOC3)C4=O)cc1. The lowest BCUT2D eigenvalue weighted by Crippen LogP contribution is -2.33. The van der Waals surface area contributed by atoms with Crippen LogP contribution in [0.5, 0.6) is 23.0 Å². The molecule has 0 amide bonds. The van der Waals surface area contributed by atoms with Crippen LogP contribution in [0.25, 0.3) is 6.08 Å². The number of benzene rings is 3. The average molecular weight is 506 g/mol. The zero-order valence-electron chi connectivity index (χ0n) is 19.7. The maximum absolute atomic E-state index is 13.2. The summed E-state index contributed by atoms with van der Waals surface area (Å²) in [5.41, 5.74) is 4.14. The quantitative estimate of drug-likeness (QED) is 0.440. The standard InChI is InChI=1S/C28H24ClNO6/c1-32-21-4-2-17(3-5-21)8-9-30-13-23-24(34-15-30)7-6-22-26(31)25(36-28(22)23)12-18-10-20(29)11-19-14-33-16-35-27(18)19/h2-7,10-12H,8-9,13-16H2,1H3/b25-12-. The predicted molar refractivity (Wildman–Crippen MR) is 134 cm³/mol. The van der Waals surface area contributed by atoms with Gasteiger partial charge in [0, 0.05) is 29.2 Å². The first kappa shape index (κ1) is 22.9. The summed E-state index contributed by atoms with van der Waals surface area (Å²) in [4.78, 5) is 15.4. The molecule has 0 radical (unpaired) electrons. The number of fused-ring (bicyclic) bond motifs is 4. The van der Waals surface area contributed by atoms with Crippen LogP contribution in [0.2, 0.25) is 5.02 Å². The highest BCUT2D eigenvalue weighted by atomic mass is 35.5. The maximum Gasteiger partial charge on any atom is 0.231 e. The van der Waals surface area contributed by atoms with Gasteiger partial charge >= 0.3 is 0 Å². The van der Waals surface area contributed by atoms with E-state index in [-0.39, 0.29) is 18.3 Å². The number of methoxy groups -OCH3 is 1. The molecule has 0 fully saturated rings. The van der Waals surface area contributed by atoms with E-state index in [9.17, 15) is 4.79 Å². The first-order chi connectivity index (χ1) is 17.6. The maximum atomic E-state index is 13.2. The highest BCUT2D eigenvalue weighted by Crippen LogP contribution is 2.43. The molecule has 3 aromatic rings. The van der Waals surface area contributed by atoms with Crippen molar-refractivity contribution in [3.05, 3.63) is 87.1 Å². The van der Waals surface area contributed by atoms with Crippen molar-refractivity contribution >= 4 is 23.5 Å². The van der Waals surface area contributed by atoms with Crippen LogP contribution in [0.4, 0.5) is 0 Å².